The van der Waals surface area contributed by atoms with Gasteiger partial charge in [0.2, 0.25) is 0 Å². The standard InChI is InChI=1S/C15H16OS3/c1-11(2)18-15-9-8-14(19-15)13(16)10-17-12-6-4-3-5-7-12/h3-9,11H,10H2,1-2H3. The lowest BCUT2D eigenvalue weighted by Gasteiger charge is -2.00. The number of carbonyl (C=O) groups is 1. The van der Waals surface area contributed by atoms with Gasteiger partial charge in [0.1, 0.15) is 0 Å². The van der Waals surface area contributed by atoms with E-state index in [0.717, 1.165) is 9.77 Å². The second kappa shape index (κ2) is 7.17. The summed E-state index contributed by atoms with van der Waals surface area (Å²) in [7, 11) is 0. The maximum Gasteiger partial charge on any atom is 0.183 e. The molecule has 0 unspecified atom stereocenters. The third-order valence-corrected chi connectivity index (χ3v) is 5.63. The van der Waals surface area contributed by atoms with Gasteiger partial charge in [-0.15, -0.1) is 34.9 Å². The summed E-state index contributed by atoms with van der Waals surface area (Å²) in [5, 5.41) is 0.556. The highest BCUT2D eigenvalue weighted by molar-refractivity contribution is 8.01. The molecule has 0 saturated heterocycles. The molecule has 4 heteroatoms. The Morgan fingerprint density at radius 2 is 1.89 bits per heavy atom. The Balaban J connectivity index is 1.91. The van der Waals surface area contributed by atoms with E-state index in [1.54, 1.807) is 23.1 Å². The Bertz CT molecular complexity index is 531. The molecule has 0 bridgehead atoms. The Hall–Kier alpha value is -0.710. The number of ketones is 1. The first-order valence-corrected chi connectivity index (χ1v) is 8.81. The Labute approximate surface area is 126 Å². The monoisotopic (exact) mass is 308 g/mol. The van der Waals surface area contributed by atoms with Crippen LogP contribution in [-0.2, 0) is 0 Å². The number of Topliss-reactive ketones (excluding diaryl/α,β-unsaturated/α-hetero) is 1. The smallest absolute Gasteiger partial charge is 0.183 e. The number of carbonyl (C=O) groups excluding carboxylic acids is 1. The molecule has 0 saturated carbocycles. The summed E-state index contributed by atoms with van der Waals surface area (Å²) in [4.78, 5) is 14.1. The normalized spacial score (nSPS) is 10.9. The average molecular weight is 308 g/mol. The zero-order chi connectivity index (χ0) is 13.7. The number of hydrogen-bond donors (Lipinski definition) is 0. The van der Waals surface area contributed by atoms with Crippen molar-refractivity contribution >= 4 is 40.6 Å². The van der Waals surface area contributed by atoms with E-state index in [4.69, 9.17) is 0 Å². The molecule has 1 nitrogen and oxygen atoms in total. The van der Waals surface area contributed by atoms with E-state index >= 15 is 0 Å². The summed E-state index contributed by atoms with van der Waals surface area (Å²) in [5.74, 6) is 0.727. The molecular formula is C15H16OS3. The molecule has 0 amide bonds. The SMILES string of the molecule is CC(C)Sc1ccc(C(=O)CSc2ccccc2)s1. The molecular weight excluding hydrogens is 292 g/mol. The lowest BCUT2D eigenvalue weighted by molar-refractivity contribution is 0.102. The average Bonchev–Trinajstić information content (AvgIpc) is 2.85. The second-order valence-corrected chi connectivity index (χ2v) is 8.32. The summed E-state index contributed by atoms with van der Waals surface area (Å²) in [6.45, 7) is 4.33. The number of thioether (sulfide) groups is 2. The van der Waals surface area contributed by atoms with E-state index in [0.29, 0.717) is 11.0 Å². The predicted octanol–water partition coefficient (Wildman–Crippen LogP) is 5.22. The molecule has 0 N–H and O–H groups in total. The largest absolute Gasteiger partial charge is 0.292 e. The first-order valence-electron chi connectivity index (χ1n) is 6.12. The molecule has 2 aromatic rings. The molecule has 100 valence electrons. The van der Waals surface area contributed by atoms with Crippen molar-refractivity contribution in [2.75, 3.05) is 5.75 Å². The number of hydrogen-bond acceptors (Lipinski definition) is 4. The number of benzene rings is 1. The van der Waals surface area contributed by atoms with Crippen LogP contribution in [0.4, 0.5) is 0 Å². The lowest BCUT2D eigenvalue weighted by Crippen LogP contribution is -1.98. The molecule has 1 aromatic carbocycles. The Kier molecular flexibility index (Phi) is 5.55. The summed E-state index contributed by atoms with van der Waals surface area (Å²) < 4.78 is 1.23. The van der Waals surface area contributed by atoms with E-state index in [9.17, 15) is 4.79 Å². The Morgan fingerprint density at radius 3 is 2.58 bits per heavy atom. The maximum absolute atomic E-state index is 12.1. The fourth-order valence-corrected chi connectivity index (χ4v) is 4.72. The van der Waals surface area contributed by atoms with E-state index in [1.807, 2.05) is 48.2 Å². The van der Waals surface area contributed by atoms with Gasteiger partial charge in [-0.1, -0.05) is 32.0 Å². The molecule has 1 aromatic heterocycles. The van der Waals surface area contributed by atoms with Gasteiger partial charge in [0, 0.05) is 10.1 Å². The van der Waals surface area contributed by atoms with Crippen LogP contribution in [0.3, 0.4) is 0 Å². The zero-order valence-electron chi connectivity index (χ0n) is 11.0. The van der Waals surface area contributed by atoms with Gasteiger partial charge in [-0.05, 0) is 24.3 Å². The molecule has 2 rings (SSSR count). The summed E-state index contributed by atoms with van der Waals surface area (Å²) >= 11 is 5.01. The molecule has 0 spiro atoms. The number of thiophene rings is 1. The molecule has 0 aliphatic carbocycles. The van der Waals surface area contributed by atoms with Crippen LogP contribution in [0, 0.1) is 0 Å². The highest BCUT2D eigenvalue weighted by atomic mass is 32.2. The van der Waals surface area contributed by atoms with E-state index in [1.165, 1.54) is 4.21 Å². The van der Waals surface area contributed by atoms with Crippen LogP contribution >= 0.6 is 34.9 Å². The van der Waals surface area contributed by atoms with Gasteiger partial charge in [-0.2, -0.15) is 0 Å². The zero-order valence-corrected chi connectivity index (χ0v) is 13.4. The van der Waals surface area contributed by atoms with Crippen LogP contribution in [0.1, 0.15) is 23.5 Å². The van der Waals surface area contributed by atoms with Gasteiger partial charge >= 0.3 is 0 Å². The fraction of sp³-hybridized carbons (Fsp3) is 0.267. The molecule has 19 heavy (non-hydrogen) atoms. The van der Waals surface area contributed by atoms with Crippen molar-refractivity contribution in [1.82, 2.24) is 0 Å². The summed E-state index contributed by atoms with van der Waals surface area (Å²) in [6.07, 6.45) is 0. The minimum absolute atomic E-state index is 0.217. The van der Waals surface area contributed by atoms with Crippen molar-refractivity contribution < 1.29 is 4.79 Å². The minimum atomic E-state index is 0.217. The van der Waals surface area contributed by atoms with Crippen LogP contribution in [0.5, 0.6) is 0 Å². The lowest BCUT2D eigenvalue weighted by atomic mass is 10.3. The predicted molar refractivity (Wildman–Crippen MR) is 86.8 cm³/mol. The third kappa shape index (κ3) is 4.71. The van der Waals surface area contributed by atoms with E-state index < -0.39 is 0 Å². The highest BCUT2D eigenvalue weighted by Gasteiger charge is 2.11. The maximum atomic E-state index is 12.1. The van der Waals surface area contributed by atoms with Crippen molar-refractivity contribution in [2.24, 2.45) is 0 Å². The topological polar surface area (TPSA) is 17.1 Å². The van der Waals surface area contributed by atoms with Gasteiger partial charge in [0.15, 0.2) is 5.78 Å². The van der Waals surface area contributed by atoms with Crippen LogP contribution in [-0.4, -0.2) is 16.8 Å². The van der Waals surface area contributed by atoms with Gasteiger partial charge < -0.3 is 0 Å². The van der Waals surface area contributed by atoms with Crippen LogP contribution in [0.15, 0.2) is 51.6 Å². The van der Waals surface area contributed by atoms with Crippen LogP contribution in [0.2, 0.25) is 0 Å². The first-order chi connectivity index (χ1) is 9.15. The Morgan fingerprint density at radius 1 is 1.16 bits per heavy atom. The second-order valence-electron chi connectivity index (χ2n) is 4.31. The van der Waals surface area contributed by atoms with Crippen LogP contribution < -0.4 is 0 Å². The van der Waals surface area contributed by atoms with Gasteiger partial charge in [-0.3, -0.25) is 4.79 Å². The van der Waals surface area contributed by atoms with Crippen molar-refractivity contribution in [3.8, 4) is 0 Å². The van der Waals surface area contributed by atoms with E-state index in [-0.39, 0.29) is 5.78 Å². The molecule has 0 aliphatic rings. The van der Waals surface area contributed by atoms with Crippen molar-refractivity contribution in [3.05, 3.63) is 47.3 Å². The fourth-order valence-electron chi connectivity index (χ4n) is 1.50. The quantitative estimate of drug-likeness (QED) is 0.538. The van der Waals surface area contributed by atoms with Crippen LogP contribution in [0.25, 0.3) is 0 Å². The minimum Gasteiger partial charge on any atom is -0.292 e. The molecule has 0 fully saturated rings. The van der Waals surface area contributed by atoms with Gasteiger partial charge in [0.25, 0.3) is 0 Å². The van der Waals surface area contributed by atoms with Crippen molar-refractivity contribution in [2.45, 2.75) is 28.2 Å². The summed E-state index contributed by atoms with van der Waals surface area (Å²) in [5.41, 5.74) is 0. The van der Waals surface area contributed by atoms with E-state index in [2.05, 4.69) is 19.9 Å². The van der Waals surface area contributed by atoms with Crippen molar-refractivity contribution in [3.63, 3.8) is 0 Å². The van der Waals surface area contributed by atoms with Crippen molar-refractivity contribution in [1.29, 1.82) is 0 Å². The molecule has 0 radical (unpaired) electrons. The molecule has 0 aliphatic heterocycles. The van der Waals surface area contributed by atoms with Gasteiger partial charge in [0.05, 0.1) is 14.8 Å². The highest BCUT2D eigenvalue weighted by Crippen LogP contribution is 2.31. The molecule has 1 heterocycles. The first kappa shape index (κ1) is 14.7. The van der Waals surface area contributed by atoms with Gasteiger partial charge in [-0.25, -0.2) is 0 Å². The third-order valence-electron chi connectivity index (χ3n) is 2.32. The molecule has 0 atom stereocenters. The summed E-state index contributed by atoms with van der Waals surface area (Å²) in [6, 6.07) is 14.0. The number of rotatable bonds is 6.